The Labute approximate surface area is 138 Å². The van der Waals surface area contributed by atoms with E-state index in [4.69, 9.17) is 0 Å². The molecule has 118 valence electrons. The van der Waals surface area contributed by atoms with Crippen molar-refractivity contribution in [3.63, 3.8) is 0 Å². The molecular weight excluding hydrogens is 324 g/mol. The van der Waals surface area contributed by atoms with Crippen LogP contribution in [-0.4, -0.2) is 30.6 Å². The molecule has 0 bridgehead atoms. The third kappa shape index (κ3) is 5.08. The van der Waals surface area contributed by atoms with Crippen LogP contribution in [0.25, 0.3) is 0 Å². The van der Waals surface area contributed by atoms with Crippen molar-refractivity contribution in [2.24, 2.45) is 5.92 Å². The highest BCUT2D eigenvalue weighted by molar-refractivity contribution is 9.10. The molecule has 0 amide bonds. The number of hydrogen-bond acceptors (Lipinski definition) is 2. The minimum Gasteiger partial charge on any atom is -0.310 e. The summed E-state index contributed by atoms with van der Waals surface area (Å²) in [5.41, 5.74) is 1.40. The Kier molecular flexibility index (Phi) is 6.72. The second-order valence-corrected chi connectivity index (χ2v) is 7.38. The molecule has 1 aromatic carbocycles. The predicted molar refractivity (Wildman–Crippen MR) is 94.6 cm³/mol. The average Bonchev–Trinajstić information content (AvgIpc) is 2.46. The van der Waals surface area contributed by atoms with Gasteiger partial charge in [-0.1, -0.05) is 41.9 Å². The molecule has 3 atom stereocenters. The van der Waals surface area contributed by atoms with Crippen molar-refractivity contribution < 1.29 is 0 Å². The van der Waals surface area contributed by atoms with E-state index in [1.807, 2.05) is 0 Å². The second kappa shape index (κ2) is 8.30. The van der Waals surface area contributed by atoms with Crippen LogP contribution in [0.4, 0.5) is 0 Å². The molecule has 21 heavy (non-hydrogen) atoms. The lowest BCUT2D eigenvalue weighted by Crippen LogP contribution is -2.41. The summed E-state index contributed by atoms with van der Waals surface area (Å²) in [5, 5.41) is 3.64. The van der Waals surface area contributed by atoms with E-state index in [1.54, 1.807) is 0 Å². The van der Waals surface area contributed by atoms with Crippen molar-refractivity contribution in [2.45, 2.75) is 52.1 Å². The van der Waals surface area contributed by atoms with Gasteiger partial charge in [0.05, 0.1) is 0 Å². The molecule has 3 heteroatoms. The van der Waals surface area contributed by atoms with Gasteiger partial charge in [0.1, 0.15) is 0 Å². The maximum absolute atomic E-state index is 3.64. The van der Waals surface area contributed by atoms with Gasteiger partial charge in [-0.25, -0.2) is 0 Å². The molecule has 1 aliphatic rings. The quantitative estimate of drug-likeness (QED) is 0.803. The number of rotatable bonds is 6. The van der Waals surface area contributed by atoms with E-state index in [9.17, 15) is 0 Å². The Balaban J connectivity index is 1.92. The van der Waals surface area contributed by atoms with Crippen LogP contribution in [0.1, 0.15) is 51.6 Å². The average molecular weight is 353 g/mol. The van der Waals surface area contributed by atoms with Gasteiger partial charge in [-0.2, -0.15) is 0 Å². The fourth-order valence-electron chi connectivity index (χ4n) is 3.41. The van der Waals surface area contributed by atoms with Crippen molar-refractivity contribution in [2.75, 3.05) is 19.6 Å². The number of likely N-dealkylation sites (tertiary alicyclic amines) is 1. The van der Waals surface area contributed by atoms with E-state index < -0.39 is 0 Å². The lowest BCUT2D eigenvalue weighted by Gasteiger charge is -2.37. The number of benzene rings is 1. The first kappa shape index (κ1) is 17.0. The molecule has 3 unspecified atom stereocenters. The number of hydrogen-bond donors (Lipinski definition) is 1. The van der Waals surface area contributed by atoms with Crippen molar-refractivity contribution >= 4 is 15.9 Å². The van der Waals surface area contributed by atoms with Crippen molar-refractivity contribution in [1.29, 1.82) is 0 Å². The largest absolute Gasteiger partial charge is 0.310 e. The molecule has 1 aromatic rings. The molecule has 0 aromatic heterocycles. The smallest absolute Gasteiger partial charge is 0.0332 e. The molecule has 0 saturated carbocycles. The Bertz CT molecular complexity index is 418. The summed E-state index contributed by atoms with van der Waals surface area (Å²) in [6.07, 6.45) is 3.90. The lowest BCUT2D eigenvalue weighted by molar-refractivity contribution is 0.124. The van der Waals surface area contributed by atoms with Gasteiger partial charge < -0.3 is 10.2 Å². The normalized spacial score (nSPS) is 25.0. The molecule has 0 aliphatic carbocycles. The van der Waals surface area contributed by atoms with Crippen LogP contribution in [0.5, 0.6) is 0 Å². The lowest BCUT2D eigenvalue weighted by atomic mass is 9.93. The molecule has 1 aliphatic heterocycles. The molecular formula is C18H29BrN2. The van der Waals surface area contributed by atoms with Gasteiger partial charge in [0.25, 0.3) is 0 Å². The van der Waals surface area contributed by atoms with E-state index in [-0.39, 0.29) is 0 Å². The van der Waals surface area contributed by atoms with Gasteiger partial charge >= 0.3 is 0 Å². The first-order valence-corrected chi connectivity index (χ1v) is 9.12. The van der Waals surface area contributed by atoms with E-state index in [0.717, 1.165) is 23.0 Å². The zero-order valence-electron chi connectivity index (χ0n) is 13.6. The number of nitrogens with one attached hydrogen (secondary N) is 1. The van der Waals surface area contributed by atoms with Crippen LogP contribution >= 0.6 is 15.9 Å². The molecule has 1 saturated heterocycles. The summed E-state index contributed by atoms with van der Waals surface area (Å²) in [6.45, 7) is 10.4. The Morgan fingerprint density at radius 2 is 2.00 bits per heavy atom. The van der Waals surface area contributed by atoms with E-state index in [1.165, 1.54) is 37.9 Å². The summed E-state index contributed by atoms with van der Waals surface area (Å²) in [7, 11) is 0. The molecule has 1 fully saturated rings. The highest BCUT2D eigenvalue weighted by atomic mass is 79.9. The maximum atomic E-state index is 3.64. The summed E-state index contributed by atoms with van der Waals surface area (Å²) < 4.78 is 1.15. The second-order valence-electron chi connectivity index (χ2n) is 6.47. The standard InChI is InChI=1S/C18H29BrN2/c1-4-20-18(16-5-7-17(19)8-6-16)10-12-21-11-9-14(2)13-15(21)3/h5-8,14-15,18,20H,4,9-13H2,1-3H3. The van der Waals surface area contributed by atoms with Crippen LogP contribution in [0.3, 0.4) is 0 Å². The van der Waals surface area contributed by atoms with Gasteiger partial charge in [0, 0.05) is 23.1 Å². The number of nitrogens with zero attached hydrogens (tertiary/aromatic N) is 1. The molecule has 2 rings (SSSR count). The van der Waals surface area contributed by atoms with Gasteiger partial charge in [0.2, 0.25) is 0 Å². The van der Waals surface area contributed by atoms with E-state index in [0.29, 0.717) is 6.04 Å². The summed E-state index contributed by atoms with van der Waals surface area (Å²) in [4.78, 5) is 2.67. The Hall–Kier alpha value is -0.380. The minimum absolute atomic E-state index is 0.467. The van der Waals surface area contributed by atoms with E-state index in [2.05, 4.69) is 71.2 Å². The predicted octanol–water partition coefficient (Wildman–Crippen LogP) is 4.61. The maximum Gasteiger partial charge on any atom is 0.0332 e. The monoisotopic (exact) mass is 352 g/mol. The summed E-state index contributed by atoms with van der Waals surface area (Å²) >= 11 is 3.52. The van der Waals surface area contributed by atoms with Crippen LogP contribution in [0, 0.1) is 5.92 Å². The molecule has 0 spiro atoms. The highest BCUT2D eigenvalue weighted by Crippen LogP contribution is 2.25. The van der Waals surface area contributed by atoms with Crippen molar-refractivity contribution in [3.8, 4) is 0 Å². The molecule has 1 N–H and O–H groups in total. The number of piperidine rings is 1. The van der Waals surface area contributed by atoms with Gasteiger partial charge in [-0.05, 0) is 62.9 Å². The first-order chi connectivity index (χ1) is 10.1. The summed E-state index contributed by atoms with van der Waals surface area (Å²) in [5.74, 6) is 0.896. The minimum atomic E-state index is 0.467. The van der Waals surface area contributed by atoms with E-state index >= 15 is 0 Å². The van der Waals surface area contributed by atoms with Gasteiger partial charge in [-0.15, -0.1) is 0 Å². The Morgan fingerprint density at radius 1 is 1.29 bits per heavy atom. The SMILES string of the molecule is CCNC(CCN1CCC(C)CC1C)c1ccc(Br)cc1. The first-order valence-electron chi connectivity index (χ1n) is 8.33. The zero-order chi connectivity index (χ0) is 15.2. The van der Waals surface area contributed by atoms with Crippen LogP contribution in [0.15, 0.2) is 28.7 Å². The zero-order valence-corrected chi connectivity index (χ0v) is 15.2. The topological polar surface area (TPSA) is 15.3 Å². The highest BCUT2D eigenvalue weighted by Gasteiger charge is 2.23. The molecule has 0 radical (unpaired) electrons. The van der Waals surface area contributed by atoms with Crippen molar-refractivity contribution in [1.82, 2.24) is 10.2 Å². The third-order valence-corrected chi connectivity index (χ3v) is 5.23. The fourth-order valence-corrected chi connectivity index (χ4v) is 3.68. The van der Waals surface area contributed by atoms with Crippen LogP contribution in [0.2, 0.25) is 0 Å². The molecule has 2 nitrogen and oxygen atoms in total. The summed E-state index contributed by atoms with van der Waals surface area (Å²) in [6, 6.07) is 9.96. The van der Waals surface area contributed by atoms with Crippen LogP contribution < -0.4 is 5.32 Å². The van der Waals surface area contributed by atoms with Gasteiger partial charge in [0.15, 0.2) is 0 Å². The van der Waals surface area contributed by atoms with Crippen LogP contribution in [-0.2, 0) is 0 Å². The molecule has 1 heterocycles. The Morgan fingerprint density at radius 3 is 2.62 bits per heavy atom. The van der Waals surface area contributed by atoms with Crippen molar-refractivity contribution in [3.05, 3.63) is 34.3 Å². The fraction of sp³-hybridized carbons (Fsp3) is 0.667. The third-order valence-electron chi connectivity index (χ3n) is 4.70. The number of halogens is 1. The van der Waals surface area contributed by atoms with Gasteiger partial charge in [-0.3, -0.25) is 0 Å².